The number of carbonyl (C=O) groups is 1. The van der Waals surface area contributed by atoms with Crippen molar-refractivity contribution < 1.29 is 113 Å². The van der Waals surface area contributed by atoms with E-state index in [1.54, 1.807) is 20.8 Å². The van der Waals surface area contributed by atoms with Gasteiger partial charge in [-0.25, -0.2) is 4.89 Å². The van der Waals surface area contributed by atoms with Gasteiger partial charge in [0.05, 0.1) is 5.60 Å². The van der Waals surface area contributed by atoms with Gasteiger partial charge in [-0.3, -0.25) is 5.26 Å². The second kappa shape index (κ2) is 29.7. The van der Waals surface area contributed by atoms with E-state index in [0.717, 1.165) is 0 Å². The van der Waals surface area contributed by atoms with Crippen molar-refractivity contribution in [1.29, 1.82) is 0 Å². The maximum absolute atomic E-state index is 8.29. The normalized spacial score (nSPS) is 6.71. The quantitative estimate of drug-likeness (QED) is 0.199. The summed E-state index contributed by atoms with van der Waals surface area (Å²) in [5.41, 5.74) is -0.403. The van der Waals surface area contributed by atoms with E-state index in [1.807, 2.05) is 6.79 Å². The third-order valence-corrected chi connectivity index (χ3v) is 0.274. The maximum atomic E-state index is 8.29. The summed E-state index contributed by atoms with van der Waals surface area (Å²) in [4.78, 5) is 11.9. The molecular weight excluding hydrogens is 241 g/mol. The van der Waals surface area contributed by atoms with Crippen molar-refractivity contribution >= 4 is 19.1 Å². The van der Waals surface area contributed by atoms with Gasteiger partial charge in [0.25, 0.3) is 0 Å². The van der Waals surface area contributed by atoms with Crippen molar-refractivity contribution in [2.24, 2.45) is 0 Å². The molecule has 5 nitrogen and oxygen atoms in total. The number of hydrogen-bond donors (Lipinski definition) is 1. The van der Waals surface area contributed by atoms with E-state index < -0.39 is 17.9 Å². The molecule has 0 aliphatic carbocycles. The molecule has 0 spiro atoms. The number of hydrogen-bond acceptors (Lipinski definition) is 6. The fourth-order valence-electron chi connectivity index (χ4n) is 0. The number of carbonyl (C=O) groups excluding carboxylic acids is 1. The Labute approximate surface area is 156 Å². The molecule has 0 aliphatic rings. The van der Waals surface area contributed by atoms with E-state index in [2.05, 4.69) is 4.89 Å². The van der Waals surface area contributed by atoms with Crippen LogP contribution in [0.4, 0.5) is 0 Å². The predicted octanol–water partition coefficient (Wildman–Crippen LogP) is -7.92. The zero-order chi connectivity index (χ0) is 9.91. The molecule has 0 saturated heterocycles. The molecule has 0 aromatic rings. The van der Waals surface area contributed by atoms with Crippen LogP contribution in [-0.2, 0) is 9.68 Å². The zero-order valence-electron chi connectivity index (χ0n) is 9.70. The summed E-state index contributed by atoms with van der Waals surface area (Å²) in [5.74, 6) is 0. The predicted molar refractivity (Wildman–Crippen MR) is 39.7 cm³/mol. The molecule has 0 saturated carbocycles. The standard InChI is InChI=1S/C4H10O2.CH2O.3Na.H2O2S/c1-4(2,3)6-5;1-2;;;;1-3-2/h5H,1-3H3;1H2;;;;1-2H/q;;3*+1;/p-2. The molecule has 0 rings (SSSR count). The summed E-state index contributed by atoms with van der Waals surface area (Å²) in [6.07, 6.45) is 0. The molecule has 1 N–H and O–H groups in total. The van der Waals surface area contributed by atoms with Gasteiger partial charge in [-0.2, -0.15) is 0 Å². The topological polar surface area (TPSA) is 92.7 Å². The van der Waals surface area contributed by atoms with Gasteiger partial charge in [0.15, 0.2) is 0 Å². The van der Waals surface area contributed by atoms with Gasteiger partial charge in [0, 0.05) is 0 Å². The van der Waals surface area contributed by atoms with Crippen LogP contribution < -0.4 is 88.7 Å². The summed E-state index contributed by atoms with van der Waals surface area (Å²) in [5, 5.41) is 7.90. The van der Waals surface area contributed by atoms with Crippen LogP contribution in [0, 0.1) is 0 Å². The van der Waals surface area contributed by atoms with E-state index in [4.69, 9.17) is 19.2 Å². The summed E-state index contributed by atoms with van der Waals surface area (Å²) < 4.78 is 16.6. The first kappa shape index (κ1) is 36.0. The summed E-state index contributed by atoms with van der Waals surface area (Å²) in [6.45, 7) is 7.31. The van der Waals surface area contributed by atoms with Gasteiger partial charge in [0.2, 0.25) is 0 Å². The molecule has 0 aromatic carbocycles. The molecule has 70 valence electrons. The molecule has 0 atom stereocenters. The second-order valence-electron chi connectivity index (χ2n) is 2.27. The molecule has 0 unspecified atom stereocenters. The van der Waals surface area contributed by atoms with Gasteiger partial charge in [-0.05, 0) is 20.8 Å². The van der Waals surface area contributed by atoms with E-state index in [-0.39, 0.29) is 88.7 Å². The van der Waals surface area contributed by atoms with Crippen molar-refractivity contribution in [3.63, 3.8) is 0 Å². The fraction of sp³-hybridized carbons (Fsp3) is 0.800. The Hall–Kier alpha value is 2.86. The van der Waals surface area contributed by atoms with E-state index in [1.165, 1.54) is 0 Å². The third-order valence-electron chi connectivity index (χ3n) is 0.274. The van der Waals surface area contributed by atoms with Gasteiger partial charge >= 0.3 is 88.7 Å². The van der Waals surface area contributed by atoms with Crippen LogP contribution >= 0.6 is 12.3 Å². The van der Waals surface area contributed by atoms with Gasteiger partial charge < -0.3 is 26.2 Å². The zero-order valence-corrected chi connectivity index (χ0v) is 16.5. The van der Waals surface area contributed by atoms with Crippen molar-refractivity contribution in [2.75, 3.05) is 0 Å². The average molecular weight is 253 g/mol. The molecule has 0 radical (unpaired) electrons. The van der Waals surface area contributed by atoms with E-state index >= 15 is 0 Å². The first-order chi connectivity index (χ1) is 4.97. The van der Waals surface area contributed by atoms with Crippen LogP contribution in [-0.4, -0.2) is 26.8 Å². The minimum atomic E-state index is -0.750. The summed E-state index contributed by atoms with van der Waals surface area (Å²) in [6, 6.07) is 0. The Morgan fingerprint density at radius 3 is 1.21 bits per heavy atom. The SMILES string of the molecule is C=O.CC(C)(C)OO.[Na+].[Na+].[Na+].[O-]S[O-]. The van der Waals surface area contributed by atoms with Crippen molar-refractivity contribution in [2.45, 2.75) is 26.4 Å². The van der Waals surface area contributed by atoms with Crippen LogP contribution in [0.5, 0.6) is 0 Å². The fourth-order valence-corrected chi connectivity index (χ4v) is 0. The molecule has 9 heteroatoms. The minimum Gasteiger partial charge on any atom is -0.811 e. The third kappa shape index (κ3) is 83.1. The van der Waals surface area contributed by atoms with E-state index in [0.29, 0.717) is 0 Å². The van der Waals surface area contributed by atoms with Crippen molar-refractivity contribution in [3.05, 3.63) is 0 Å². The molecule has 0 bridgehead atoms. The Kier molecular flexibility index (Phi) is 76.3. The Morgan fingerprint density at radius 2 is 1.21 bits per heavy atom. The summed E-state index contributed by atoms with van der Waals surface area (Å²) >= 11 is -0.750. The van der Waals surface area contributed by atoms with Crippen molar-refractivity contribution in [3.8, 4) is 0 Å². The minimum absolute atomic E-state index is 0. The largest absolute Gasteiger partial charge is 1.00 e. The average Bonchev–Trinajstić information content (AvgIpc) is 1.93. The van der Waals surface area contributed by atoms with Crippen LogP contribution in [0.15, 0.2) is 0 Å². The summed E-state index contributed by atoms with van der Waals surface area (Å²) in [7, 11) is 0. The van der Waals surface area contributed by atoms with Crippen LogP contribution in [0.2, 0.25) is 0 Å². The maximum Gasteiger partial charge on any atom is 1.00 e. The first-order valence-corrected chi connectivity index (χ1v) is 3.18. The Bertz CT molecular complexity index is 72.9. The first-order valence-electron chi connectivity index (χ1n) is 2.51. The monoisotopic (exact) mass is 253 g/mol. The van der Waals surface area contributed by atoms with Crippen LogP contribution in [0.1, 0.15) is 20.8 Å². The van der Waals surface area contributed by atoms with Crippen molar-refractivity contribution in [1.82, 2.24) is 0 Å². The van der Waals surface area contributed by atoms with Crippen LogP contribution in [0.25, 0.3) is 0 Å². The second-order valence-corrected chi connectivity index (χ2v) is 2.41. The molecule has 0 aliphatic heterocycles. The van der Waals surface area contributed by atoms with Gasteiger partial charge in [-0.1, -0.05) is 0 Å². The van der Waals surface area contributed by atoms with Gasteiger partial charge in [-0.15, -0.1) is 0 Å². The van der Waals surface area contributed by atoms with E-state index in [9.17, 15) is 0 Å². The van der Waals surface area contributed by atoms with Gasteiger partial charge in [0.1, 0.15) is 6.79 Å². The smallest absolute Gasteiger partial charge is 0.811 e. The molecule has 0 amide bonds. The Morgan fingerprint density at radius 1 is 1.14 bits per heavy atom. The molecular formula is C5H12Na3O5S+. The number of rotatable bonds is 0. The van der Waals surface area contributed by atoms with Crippen LogP contribution in [0.3, 0.4) is 0 Å². The Balaban J connectivity index is -0.0000000178. The molecule has 0 aromatic heterocycles. The molecule has 0 fully saturated rings. The molecule has 14 heavy (non-hydrogen) atoms. The molecule has 0 heterocycles.